The minimum Gasteiger partial charge on any atom is -0.398 e. The maximum Gasteiger partial charge on any atom is 0.240 e. The molecular weight excluding hydrogens is 288 g/mol. The highest BCUT2D eigenvalue weighted by Gasteiger charge is 2.19. The predicted octanol–water partition coefficient (Wildman–Crippen LogP) is 2.10. The first-order chi connectivity index (χ1) is 9.96. The van der Waals surface area contributed by atoms with Crippen LogP contribution in [0.5, 0.6) is 0 Å². The van der Waals surface area contributed by atoms with E-state index in [0.717, 1.165) is 24.8 Å². The average molecular weight is 314 g/mol. The molecule has 0 aliphatic rings. The number of aryl methyl sites for hydroxylation is 1. The van der Waals surface area contributed by atoms with E-state index >= 15 is 0 Å². The molecule has 21 heavy (non-hydrogen) atoms. The van der Waals surface area contributed by atoms with Gasteiger partial charge < -0.3 is 10.5 Å². The van der Waals surface area contributed by atoms with Gasteiger partial charge in [0.25, 0.3) is 0 Å². The number of anilines is 1. The van der Waals surface area contributed by atoms with E-state index in [-0.39, 0.29) is 0 Å². The van der Waals surface area contributed by atoms with Gasteiger partial charge in [-0.25, -0.2) is 13.1 Å². The van der Waals surface area contributed by atoms with Crippen LogP contribution >= 0.6 is 0 Å². The number of unbranched alkanes of at least 4 members (excludes halogenated alkanes) is 1. The van der Waals surface area contributed by atoms with Crippen LogP contribution in [0.25, 0.3) is 0 Å². The fourth-order valence-electron chi connectivity index (χ4n) is 2.20. The zero-order valence-corrected chi connectivity index (χ0v) is 13.9. The first-order valence-corrected chi connectivity index (χ1v) is 8.84. The topological polar surface area (TPSA) is 81.4 Å². The van der Waals surface area contributed by atoms with Crippen LogP contribution in [-0.4, -0.2) is 28.7 Å². The molecule has 0 bridgehead atoms. The lowest BCUT2D eigenvalue weighted by molar-refractivity contribution is 0.193. The van der Waals surface area contributed by atoms with Crippen molar-refractivity contribution in [3.63, 3.8) is 0 Å². The molecule has 1 aromatic carbocycles. The van der Waals surface area contributed by atoms with Crippen molar-refractivity contribution in [3.8, 4) is 0 Å². The third kappa shape index (κ3) is 4.98. The summed E-state index contributed by atoms with van der Waals surface area (Å²) in [5.74, 6) is 0. The van der Waals surface area contributed by atoms with E-state index in [2.05, 4.69) is 4.72 Å². The van der Waals surface area contributed by atoms with Crippen molar-refractivity contribution >= 4 is 15.7 Å². The Morgan fingerprint density at radius 3 is 2.48 bits per heavy atom. The fourth-order valence-corrected chi connectivity index (χ4v) is 3.67. The predicted molar refractivity (Wildman–Crippen MR) is 85.9 cm³/mol. The SMILES string of the molecule is CCc1cc(N)c(CC)c(S(=O)(=O)NCCCCOC)c1. The molecule has 0 saturated carbocycles. The fraction of sp³-hybridized carbons (Fsp3) is 0.600. The summed E-state index contributed by atoms with van der Waals surface area (Å²) in [6.07, 6.45) is 2.93. The number of sulfonamides is 1. The quantitative estimate of drug-likeness (QED) is 0.540. The van der Waals surface area contributed by atoms with Gasteiger partial charge >= 0.3 is 0 Å². The van der Waals surface area contributed by atoms with Gasteiger partial charge in [-0.1, -0.05) is 13.8 Å². The van der Waals surface area contributed by atoms with Gasteiger partial charge in [0.05, 0.1) is 4.90 Å². The minimum atomic E-state index is -3.52. The molecule has 0 amide bonds. The van der Waals surface area contributed by atoms with Crippen LogP contribution in [0.2, 0.25) is 0 Å². The molecule has 0 heterocycles. The summed E-state index contributed by atoms with van der Waals surface area (Å²) in [6, 6.07) is 3.59. The standard InChI is InChI=1S/C15H26N2O3S/c1-4-12-10-14(16)13(5-2)15(11-12)21(18,19)17-8-6-7-9-20-3/h10-11,17H,4-9,16H2,1-3H3. The molecule has 0 aliphatic carbocycles. The largest absolute Gasteiger partial charge is 0.398 e. The van der Waals surface area contributed by atoms with E-state index in [1.807, 2.05) is 19.9 Å². The van der Waals surface area contributed by atoms with Gasteiger partial charge in [0.2, 0.25) is 10.0 Å². The number of nitrogens with one attached hydrogen (secondary N) is 1. The zero-order valence-electron chi connectivity index (χ0n) is 13.1. The summed E-state index contributed by atoms with van der Waals surface area (Å²) < 4.78 is 32.5. The molecule has 3 N–H and O–H groups in total. The number of rotatable bonds is 9. The highest BCUT2D eigenvalue weighted by molar-refractivity contribution is 7.89. The number of benzene rings is 1. The summed E-state index contributed by atoms with van der Waals surface area (Å²) in [5, 5.41) is 0. The summed E-state index contributed by atoms with van der Waals surface area (Å²) in [7, 11) is -1.88. The highest BCUT2D eigenvalue weighted by Crippen LogP contribution is 2.25. The molecule has 0 atom stereocenters. The van der Waals surface area contributed by atoms with Gasteiger partial charge in [-0.2, -0.15) is 0 Å². The van der Waals surface area contributed by atoms with Gasteiger partial charge in [-0.05, 0) is 48.9 Å². The molecular formula is C15H26N2O3S. The van der Waals surface area contributed by atoms with Gasteiger partial charge in [0.1, 0.15) is 0 Å². The Kier molecular flexibility index (Phi) is 7.14. The normalized spacial score (nSPS) is 11.8. The smallest absolute Gasteiger partial charge is 0.240 e. The minimum absolute atomic E-state index is 0.314. The van der Waals surface area contributed by atoms with E-state index < -0.39 is 10.0 Å². The lowest BCUT2D eigenvalue weighted by atomic mass is 10.1. The number of nitrogen functional groups attached to an aromatic ring is 1. The summed E-state index contributed by atoms with van der Waals surface area (Å²) >= 11 is 0. The Labute approximate surface area is 127 Å². The third-order valence-corrected chi connectivity index (χ3v) is 4.95. The van der Waals surface area contributed by atoms with E-state index in [0.29, 0.717) is 35.7 Å². The molecule has 120 valence electrons. The first-order valence-electron chi connectivity index (χ1n) is 7.36. The maximum absolute atomic E-state index is 12.5. The Hall–Kier alpha value is -1.11. The van der Waals surface area contributed by atoms with Crippen molar-refractivity contribution in [2.24, 2.45) is 0 Å². The molecule has 0 saturated heterocycles. The number of hydrogen-bond donors (Lipinski definition) is 2. The van der Waals surface area contributed by atoms with Gasteiger partial charge in [0, 0.05) is 25.9 Å². The second-order valence-electron chi connectivity index (χ2n) is 4.97. The lowest BCUT2D eigenvalue weighted by Gasteiger charge is -2.14. The van der Waals surface area contributed by atoms with Crippen LogP contribution in [0, 0.1) is 0 Å². The van der Waals surface area contributed by atoms with Crippen LogP contribution < -0.4 is 10.5 Å². The first kappa shape index (κ1) is 17.9. The number of hydrogen-bond acceptors (Lipinski definition) is 4. The Balaban J connectivity index is 2.93. The van der Waals surface area contributed by atoms with E-state index in [1.165, 1.54) is 0 Å². The number of nitrogens with two attached hydrogens (primary N) is 1. The molecule has 0 fully saturated rings. The number of ether oxygens (including phenoxy) is 1. The second kappa shape index (κ2) is 8.36. The van der Waals surface area contributed by atoms with E-state index in [4.69, 9.17) is 10.5 Å². The van der Waals surface area contributed by atoms with Crippen molar-refractivity contribution < 1.29 is 13.2 Å². The van der Waals surface area contributed by atoms with Crippen LogP contribution in [0.15, 0.2) is 17.0 Å². The van der Waals surface area contributed by atoms with Crippen molar-refractivity contribution in [2.75, 3.05) is 26.0 Å². The zero-order chi connectivity index (χ0) is 15.9. The summed E-state index contributed by atoms with van der Waals surface area (Å²) in [4.78, 5) is 0.314. The maximum atomic E-state index is 12.5. The van der Waals surface area contributed by atoms with Gasteiger partial charge in [0.15, 0.2) is 0 Å². The van der Waals surface area contributed by atoms with Crippen molar-refractivity contribution in [2.45, 2.75) is 44.4 Å². The highest BCUT2D eigenvalue weighted by atomic mass is 32.2. The Bertz CT molecular complexity index is 556. The van der Waals surface area contributed by atoms with E-state index in [9.17, 15) is 8.42 Å². The summed E-state index contributed by atoms with van der Waals surface area (Å²) in [6.45, 7) is 4.94. The van der Waals surface area contributed by atoms with Gasteiger partial charge in [-0.3, -0.25) is 0 Å². The molecule has 0 aliphatic heterocycles. The molecule has 1 aromatic rings. The molecule has 0 radical (unpaired) electrons. The van der Waals surface area contributed by atoms with Crippen molar-refractivity contribution in [1.29, 1.82) is 0 Å². The van der Waals surface area contributed by atoms with Crippen LogP contribution in [0.4, 0.5) is 5.69 Å². The monoisotopic (exact) mass is 314 g/mol. The van der Waals surface area contributed by atoms with Gasteiger partial charge in [-0.15, -0.1) is 0 Å². The van der Waals surface area contributed by atoms with Crippen LogP contribution in [0.1, 0.15) is 37.8 Å². The van der Waals surface area contributed by atoms with Crippen LogP contribution in [-0.2, 0) is 27.6 Å². The van der Waals surface area contributed by atoms with E-state index in [1.54, 1.807) is 13.2 Å². The average Bonchev–Trinajstić information content (AvgIpc) is 2.46. The molecule has 0 aromatic heterocycles. The van der Waals surface area contributed by atoms with Crippen molar-refractivity contribution in [1.82, 2.24) is 4.72 Å². The molecule has 0 unspecified atom stereocenters. The van der Waals surface area contributed by atoms with Crippen molar-refractivity contribution in [3.05, 3.63) is 23.3 Å². The number of methoxy groups -OCH3 is 1. The second-order valence-corrected chi connectivity index (χ2v) is 6.70. The lowest BCUT2D eigenvalue weighted by Crippen LogP contribution is -2.26. The summed E-state index contributed by atoms with van der Waals surface area (Å²) in [5.41, 5.74) is 8.17. The Morgan fingerprint density at radius 1 is 1.19 bits per heavy atom. The molecule has 6 heteroatoms. The Morgan fingerprint density at radius 2 is 1.90 bits per heavy atom. The van der Waals surface area contributed by atoms with Crippen LogP contribution in [0.3, 0.4) is 0 Å². The third-order valence-electron chi connectivity index (χ3n) is 3.42. The molecule has 0 spiro atoms. The molecule has 5 nitrogen and oxygen atoms in total. The molecule has 1 rings (SSSR count).